The predicted octanol–water partition coefficient (Wildman–Crippen LogP) is 12.5. The molecule has 0 aliphatic carbocycles. The van der Waals surface area contributed by atoms with Crippen LogP contribution in [-0.2, 0) is 5.41 Å². The maximum atomic E-state index is 2.49. The first-order valence-corrected chi connectivity index (χ1v) is 17.1. The minimum atomic E-state index is -0.178. The number of aromatic nitrogens is 1. The molecule has 45 heavy (non-hydrogen) atoms. The second-order valence-corrected chi connectivity index (χ2v) is 14.7. The van der Waals surface area contributed by atoms with Crippen LogP contribution in [0.4, 0.5) is 17.1 Å². The second kappa shape index (κ2) is 9.07. The lowest BCUT2D eigenvalue weighted by Crippen LogP contribution is -2.30. The Morgan fingerprint density at radius 1 is 0.489 bits per heavy atom. The molecule has 4 heterocycles. The van der Waals surface area contributed by atoms with E-state index in [-0.39, 0.29) is 5.41 Å². The van der Waals surface area contributed by atoms with Gasteiger partial charge >= 0.3 is 0 Å². The van der Waals surface area contributed by atoms with Crippen LogP contribution in [0.25, 0.3) is 57.1 Å². The standard InChI is InChI=1S/C41H28N2S2/c1-41(2)31-14-6-8-16-34(31)42(26-19-21-28-27-11-4-9-17-36(27)44-38(28)24-26)35-22-20-25(23-32(35)41)43-33-15-7-3-12-29(33)39-30-13-5-10-18-37(30)45-40(39)43/h3-24H,1-2H3. The highest BCUT2D eigenvalue weighted by atomic mass is 32.1. The molecular weight excluding hydrogens is 585 g/mol. The van der Waals surface area contributed by atoms with Gasteiger partial charge in [0.25, 0.3) is 0 Å². The zero-order valence-corrected chi connectivity index (χ0v) is 26.5. The summed E-state index contributed by atoms with van der Waals surface area (Å²) < 4.78 is 6.47. The summed E-state index contributed by atoms with van der Waals surface area (Å²) in [6, 6.07) is 49.5. The smallest absolute Gasteiger partial charge is 0.109 e. The average Bonchev–Trinajstić information content (AvgIpc) is 3.73. The van der Waals surface area contributed by atoms with Gasteiger partial charge in [-0.2, -0.15) is 0 Å². The molecule has 0 saturated heterocycles. The average molecular weight is 613 g/mol. The van der Waals surface area contributed by atoms with E-state index >= 15 is 0 Å². The molecule has 10 rings (SSSR count). The van der Waals surface area contributed by atoms with Crippen LogP contribution in [0.3, 0.4) is 0 Å². The van der Waals surface area contributed by atoms with Crippen molar-refractivity contribution in [2.24, 2.45) is 0 Å². The van der Waals surface area contributed by atoms with E-state index in [0.717, 1.165) is 0 Å². The fourth-order valence-electron chi connectivity index (χ4n) is 7.66. The van der Waals surface area contributed by atoms with Crippen molar-refractivity contribution >= 4 is 91.1 Å². The van der Waals surface area contributed by atoms with Crippen LogP contribution in [0.5, 0.6) is 0 Å². The van der Waals surface area contributed by atoms with Crippen molar-refractivity contribution in [1.82, 2.24) is 4.57 Å². The molecule has 9 aromatic rings. The van der Waals surface area contributed by atoms with Crippen molar-refractivity contribution in [3.05, 3.63) is 145 Å². The number of para-hydroxylation sites is 2. The van der Waals surface area contributed by atoms with Crippen LogP contribution >= 0.6 is 22.7 Å². The molecule has 2 nitrogen and oxygen atoms in total. The largest absolute Gasteiger partial charge is 0.310 e. The fraction of sp³-hybridized carbons (Fsp3) is 0.0732. The SMILES string of the molecule is CC1(C)c2ccccc2N(c2ccc3c(c2)sc2ccccc23)c2ccc(-n3c4ccccc4c4c5ccccc5sc43)cc21. The van der Waals surface area contributed by atoms with E-state index in [0.29, 0.717) is 0 Å². The summed E-state index contributed by atoms with van der Waals surface area (Å²) in [6.45, 7) is 4.76. The molecule has 0 unspecified atom stereocenters. The van der Waals surface area contributed by atoms with E-state index < -0.39 is 0 Å². The number of rotatable bonds is 2. The van der Waals surface area contributed by atoms with Gasteiger partial charge in [0.2, 0.25) is 0 Å². The molecule has 214 valence electrons. The Hall–Kier alpha value is -4.90. The number of nitrogens with zero attached hydrogens (tertiary/aromatic N) is 2. The molecule has 0 atom stereocenters. The van der Waals surface area contributed by atoms with Gasteiger partial charge in [-0.15, -0.1) is 22.7 Å². The lowest BCUT2D eigenvalue weighted by Gasteiger charge is -2.42. The van der Waals surface area contributed by atoms with Gasteiger partial charge in [-0.25, -0.2) is 0 Å². The quantitative estimate of drug-likeness (QED) is 0.189. The fourth-order valence-corrected chi connectivity index (χ4v) is 10.0. The summed E-state index contributed by atoms with van der Waals surface area (Å²) in [5, 5.41) is 6.66. The van der Waals surface area contributed by atoms with Crippen molar-refractivity contribution in [2.75, 3.05) is 4.90 Å². The van der Waals surface area contributed by atoms with Gasteiger partial charge in [-0.1, -0.05) is 92.7 Å². The lowest BCUT2D eigenvalue weighted by molar-refractivity contribution is 0.631. The van der Waals surface area contributed by atoms with Crippen LogP contribution in [0.2, 0.25) is 0 Å². The van der Waals surface area contributed by atoms with Crippen molar-refractivity contribution in [3.63, 3.8) is 0 Å². The maximum absolute atomic E-state index is 2.49. The molecule has 0 bridgehead atoms. The maximum Gasteiger partial charge on any atom is 0.109 e. The Balaban J connectivity index is 1.23. The minimum Gasteiger partial charge on any atom is -0.310 e. The Morgan fingerprint density at radius 2 is 1.13 bits per heavy atom. The lowest BCUT2D eigenvalue weighted by atomic mass is 9.73. The molecule has 1 aliphatic heterocycles. The third-order valence-corrected chi connectivity index (χ3v) is 12.1. The molecule has 4 heteroatoms. The molecule has 1 aliphatic rings. The number of thiophene rings is 2. The molecule has 0 saturated carbocycles. The van der Waals surface area contributed by atoms with Crippen molar-refractivity contribution in [3.8, 4) is 5.69 Å². The number of fused-ring (bicyclic) bond motifs is 10. The Labute approximate surface area is 269 Å². The van der Waals surface area contributed by atoms with E-state index in [1.54, 1.807) is 0 Å². The van der Waals surface area contributed by atoms with Crippen LogP contribution in [0.1, 0.15) is 25.0 Å². The summed E-state index contributed by atoms with van der Waals surface area (Å²) in [7, 11) is 0. The van der Waals surface area contributed by atoms with Crippen LogP contribution < -0.4 is 4.90 Å². The van der Waals surface area contributed by atoms with Gasteiger partial charge in [0.1, 0.15) is 4.83 Å². The van der Waals surface area contributed by atoms with Gasteiger partial charge in [-0.05, 0) is 65.7 Å². The summed E-state index contributed by atoms with van der Waals surface area (Å²) in [5.74, 6) is 0. The highest BCUT2D eigenvalue weighted by Gasteiger charge is 2.37. The number of hydrogen-bond acceptors (Lipinski definition) is 3. The molecule has 0 N–H and O–H groups in total. The van der Waals surface area contributed by atoms with Crippen molar-refractivity contribution in [2.45, 2.75) is 19.3 Å². The summed E-state index contributed by atoms with van der Waals surface area (Å²) in [4.78, 5) is 3.78. The van der Waals surface area contributed by atoms with E-state index in [9.17, 15) is 0 Å². The monoisotopic (exact) mass is 612 g/mol. The summed E-state index contributed by atoms with van der Waals surface area (Å²) in [5.41, 5.74) is 8.66. The second-order valence-electron chi connectivity index (χ2n) is 12.6. The first kappa shape index (κ1) is 25.4. The number of benzene rings is 6. The molecule has 6 aromatic carbocycles. The number of hydrogen-bond donors (Lipinski definition) is 0. The van der Waals surface area contributed by atoms with Crippen LogP contribution in [0.15, 0.2) is 133 Å². The molecule has 0 radical (unpaired) electrons. The molecule has 0 fully saturated rings. The minimum absolute atomic E-state index is 0.178. The predicted molar refractivity (Wildman–Crippen MR) is 196 cm³/mol. The Morgan fingerprint density at radius 3 is 2.00 bits per heavy atom. The van der Waals surface area contributed by atoms with Gasteiger partial charge in [-0.3, -0.25) is 0 Å². The molecule has 0 amide bonds. The zero-order valence-electron chi connectivity index (χ0n) is 24.9. The van der Waals surface area contributed by atoms with Crippen molar-refractivity contribution in [1.29, 1.82) is 0 Å². The Kier molecular flexibility index (Phi) is 5.13. The summed E-state index contributed by atoms with van der Waals surface area (Å²) in [6.07, 6.45) is 0. The zero-order chi connectivity index (χ0) is 29.9. The highest BCUT2D eigenvalue weighted by molar-refractivity contribution is 7.26. The number of anilines is 3. The molecular formula is C41H28N2S2. The van der Waals surface area contributed by atoms with E-state index in [1.165, 1.54) is 85.3 Å². The third-order valence-electron chi connectivity index (χ3n) is 9.79. The van der Waals surface area contributed by atoms with Crippen LogP contribution in [0, 0.1) is 0 Å². The Bertz CT molecular complexity index is 2650. The third kappa shape index (κ3) is 3.44. The van der Waals surface area contributed by atoms with Gasteiger partial charge in [0, 0.05) is 57.8 Å². The van der Waals surface area contributed by atoms with Gasteiger partial charge < -0.3 is 9.47 Å². The molecule has 0 spiro atoms. The van der Waals surface area contributed by atoms with Crippen molar-refractivity contribution < 1.29 is 0 Å². The van der Waals surface area contributed by atoms with E-state index in [1.807, 2.05) is 22.7 Å². The molecule has 3 aromatic heterocycles. The topological polar surface area (TPSA) is 8.17 Å². The first-order valence-electron chi connectivity index (χ1n) is 15.4. The summed E-state index contributed by atoms with van der Waals surface area (Å²) >= 11 is 3.77. The normalized spacial score (nSPS) is 14.1. The van der Waals surface area contributed by atoms with E-state index in [2.05, 4.69) is 157 Å². The van der Waals surface area contributed by atoms with Gasteiger partial charge in [0.05, 0.1) is 16.9 Å². The van der Waals surface area contributed by atoms with E-state index in [4.69, 9.17) is 0 Å². The highest BCUT2D eigenvalue weighted by Crippen LogP contribution is 2.53. The first-order chi connectivity index (χ1) is 22.1. The van der Waals surface area contributed by atoms with Crippen LogP contribution in [-0.4, -0.2) is 4.57 Å². The van der Waals surface area contributed by atoms with Gasteiger partial charge in [0.15, 0.2) is 0 Å².